The van der Waals surface area contributed by atoms with Crippen LogP contribution in [0.15, 0.2) is 34.5 Å². The Hall–Kier alpha value is -1.91. The van der Waals surface area contributed by atoms with E-state index in [0.29, 0.717) is 19.6 Å². The molecule has 5 nitrogen and oxygen atoms in total. The fourth-order valence-corrected chi connectivity index (χ4v) is 1.42. The van der Waals surface area contributed by atoms with Gasteiger partial charge in [-0.25, -0.2) is 0 Å². The van der Waals surface area contributed by atoms with E-state index < -0.39 is 0 Å². The standard InChI is InChI=1S/C13H19N3O2/c1-4-13(17)18-10-9-16(3)12-7-5-11(6-8-12)15-14-2/h5-8H,4,9-10H2,1-3H3. The van der Waals surface area contributed by atoms with Crippen LogP contribution < -0.4 is 4.90 Å². The van der Waals surface area contributed by atoms with Gasteiger partial charge in [-0.2, -0.15) is 10.2 Å². The summed E-state index contributed by atoms with van der Waals surface area (Å²) in [6.45, 7) is 2.85. The molecule has 0 aliphatic carbocycles. The molecule has 0 heterocycles. The van der Waals surface area contributed by atoms with Gasteiger partial charge in [0.05, 0.1) is 12.2 Å². The average molecular weight is 249 g/mol. The second kappa shape index (κ2) is 7.42. The van der Waals surface area contributed by atoms with Crippen LogP contribution in [0.3, 0.4) is 0 Å². The van der Waals surface area contributed by atoms with Gasteiger partial charge in [0.25, 0.3) is 0 Å². The van der Waals surface area contributed by atoms with E-state index in [0.717, 1.165) is 11.4 Å². The Morgan fingerprint density at radius 1 is 1.33 bits per heavy atom. The molecule has 0 aliphatic rings. The SMILES string of the molecule is CCC(=O)OCCN(C)c1ccc(N=NC)cc1. The highest BCUT2D eigenvalue weighted by molar-refractivity contribution is 5.68. The number of benzene rings is 1. The first kappa shape index (κ1) is 14.2. The topological polar surface area (TPSA) is 54.3 Å². The normalized spacial score (nSPS) is 10.6. The number of azo groups is 1. The lowest BCUT2D eigenvalue weighted by Crippen LogP contribution is -2.23. The summed E-state index contributed by atoms with van der Waals surface area (Å²) in [4.78, 5) is 13.0. The summed E-state index contributed by atoms with van der Waals surface area (Å²) in [5.41, 5.74) is 1.88. The van der Waals surface area contributed by atoms with E-state index in [2.05, 4.69) is 10.2 Å². The van der Waals surface area contributed by atoms with Crippen LogP contribution in [-0.2, 0) is 9.53 Å². The van der Waals surface area contributed by atoms with Gasteiger partial charge < -0.3 is 9.64 Å². The zero-order valence-corrected chi connectivity index (χ0v) is 11.1. The molecule has 18 heavy (non-hydrogen) atoms. The number of carbonyl (C=O) groups excluding carboxylic acids is 1. The molecular formula is C13H19N3O2. The zero-order valence-electron chi connectivity index (χ0n) is 11.1. The summed E-state index contributed by atoms with van der Waals surface area (Å²) in [5.74, 6) is -0.165. The van der Waals surface area contributed by atoms with Crippen molar-refractivity contribution in [3.05, 3.63) is 24.3 Å². The summed E-state index contributed by atoms with van der Waals surface area (Å²) in [5, 5.41) is 7.65. The summed E-state index contributed by atoms with van der Waals surface area (Å²) in [7, 11) is 3.60. The number of carbonyl (C=O) groups is 1. The highest BCUT2D eigenvalue weighted by Crippen LogP contribution is 2.18. The van der Waals surface area contributed by atoms with Crippen LogP contribution in [0.2, 0.25) is 0 Å². The number of hydrogen-bond acceptors (Lipinski definition) is 5. The Balaban J connectivity index is 2.46. The molecule has 0 aromatic heterocycles. The second-order valence-electron chi connectivity index (χ2n) is 3.81. The molecular weight excluding hydrogens is 230 g/mol. The number of esters is 1. The lowest BCUT2D eigenvalue weighted by Gasteiger charge is -2.19. The molecule has 0 fully saturated rings. The van der Waals surface area contributed by atoms with E-state index in [1.54, 1.807) is 14.0 Å². The zero-order chi connectivity index (χ0) is 13.4. The second-order valence-corrected chi connectivity index (χ2v) is 3.81. The number of anilines is 1. The molecule has 0 radical (unpaired) electrons. The molecule has 0 bridgehead atoms. The first-order valence-electron chi connectivity index (χ1n) is 5.94. The van der Waals surface area contributed by atoms with Gasteiger partial charge in [0.15, 0.2) is 0 Å². The van der Waals surface area contributed by atoms with E-state index >= 15 is 0 Å². The molecule has 0 saturated carbocycles. The Labute approximate surface area is 107 Å². The van der Waals surface area contributed by atoms with Crippen LogP contribution in [0.4, 0.5) is 11.4 Å². The van der Waals surface area contributed by atoms with Crippen molar-refractivity contribution in [1.82, 2.24) is 0 Å². The Kier molecular flexibility index (Phi) is 5.84. The molecule has 0 spiro atoms. The van der Waals surface area contributed by atoms with Crippen molar-refractivity contribution in [1.29, 1.82) is 0 Å². The highest BCUT2D eigenvalue weighted by atomic mass is 16.5. The van der Waals surface area contributed by atoms with Crippen molar-refractivity contribution in [3.8, 4) is 0 Å². The molecule has 0 aliphatic heterocycles. The van der Waals surface area contributed by atoms with Gasteiger partial charge in [-0.05, 0) is 24.3 Å². The van der Waals surface area contributed by atoms with Crippen LogP contribution in [0.1, 0.15) is 13.3 Å². The molecule has 0 saturated heterocycles. The third-order valence-corrected chi connectivity index (χ3v) is 2.48. The van der Waals surface area contributed by atoms with E-state index in [1.807, 2.05) is 36.2 Å². The quantitative estimate of drug-likeness (QED) is 0.575. The minimum atomic E-state index is -0.165. The van der Waals surface area contributed by atoms with E-state index in [4.69, 9.17) is 4.74 Å². The van der Waals surface area contributed by atoms with Crippen molar-refractivity contribution < 1.29 is 9.53 Å². The van der Waals surface area contributed by atoms with Crippen molar-refractivity contribution in [3.63, 3.8) is 0 Å². The smallest absolute Gasteiger partial charge is 0.305 e. The minimum absolute atomic E-state index is 0.165. The van der Waals surface area contributed by atoms with Crippen LogP contribution in [0.5, 0.6) is 0 Å². The van der Waals surface area contributed by atoms with Crippen molar-refractivity contribution >= 4 is 17.3 Å². The lowest BCUT2D eigenvalue weighted by molar-refractivity contribution is -0.142. The third-order valence-electron chi connectivity index (χ3n) is 2.48. The van der Waals surface area contributed by atoms with Crippen LogP contribution in [0, 0.1) is 0 Å². The number of likely N-dealkylation sites (N-methyl/N-ethyl adjacent to an activating group) is 1. The van der Waals surface area contributed by atoms with Crippen LogP contribution >= 0.6 is 0 Å². The number of rotatable bonds is 6. The number of ether oxygens (including phenoxy) is 1. The molecule has 5 heteroatoms. The van der Waals surface area contributed by atoms with Gasteiger partial charge in [0.2, 0.25) is 0 Å². The number of hydrogen-bond donors (Lipinski definition) is 0. The minimum Gasteiger partial charge on any atom is -0.464 e. The summed E-state index contributed by atoms with van der Waals surface area (Å²) >= 11 is 0. The van der Waals surface area contributed by atoms with Gasteiger partial charge in [0.1, 0.15) is 6.61 Å². The molecule has 0 atom stereocenters. The highest BCUT2D eigenvalue weighted by Gasteiger charge is 2.03. The van der Waals surface area contributed by atoms with E-state index in [1.165, 1.54) is 0 Å². The predicted octanol–water partition coefficient (Wildman–Crippen LogP) is 2.79. The molecule has 1 aromatic rings. The predicted molar refractivity (Wildman–Crippen MR) is 71.4 cm³/mol. The van der Waals surface area contributed by atoms with Crippen LogP contribution in [-0.4, -0.2) is 33.2 Å². The summed E-state index contributed by atoms with van der Waals surface area (Å²) in [6, 6.07) is 7.73. The monoisotopic (exact) mass is 249 g/mol. The van der Waals surface area contributed by atoms with Gasteiger partial charge in [0, 0.05) is 26.2 Å². The maximum atomic E-state index is 11.0. The van der Waals surface area contributed by atoms with Crippen molar-refractivity contribution in [2.24, 2.45) is 10.2 Å². The van der Waals surface area contributed by atoms with E-state index in [9.17, 15) is 4.79 Å². The van der Waals surface area contributed by atoms with Gasteiger partial charge >= 0.3 is 5.97 Å². The fourth-order valence-electron chi connectivity index (χ4n) is 1.42. The van der Waals surface area contributed by atoms with Crippen molar-refractivity contribution in [2.45, 2.75) is 13.3 Å². The number of nitrogens with zero attached hydrogens (tertiary/aromatic N) is 3. The first-order chi connectivity index (χ1) is 8.67. The van der Waals surface area contributed by atoms with Crippen LogP contribution in [0.25, 0.3) is 0 Å². The Morgan fingerprint density at radius 3 is 2.56 bits per heavy atom. The average Bonchev–Trinajstić information content (AvgIpc) is 2.39. The fraction of sp³-hybridized carbons (Fsp3) is 0.462. The van der Waals surface area contributed by atoms with Gasteiger partial charge in [-0.15, -0.1) is 0 Å². The Bertz CT molecular complexity index is 401. The molecule has 0 unspecified atom stereocenters. The molecule has 98 valence electrons. The maximum Gasteiger partial charge on any atom is 0.305 e. The van der Waals surface area contributed by atoms with Gasteiger partial charge in [-0.1, -0.05) is 6.92 Å². The third kappa shape index (κ3) is 4.53. The first-order valence-corrected chi connectivity index (χ1v) is 5.94. The molecule has 1 rings (SSSR count). The largest absolute Gasteiger partial charge is 0.464 e. The van der Waals surface area contributed by atoms with Crippen molar-refractivity contribution in [2.75, 3.05) is 32.1 Å². The lowest BCUT2D eigenvalue weighted by atomic mass is 10.2. The summed E-state index contributed by atoms with van der Waals surface area (Å²) in [6.07, 6.45) is 0.417. The molecule has 0 N–H and O–H groups in total. The molecule has 0 amide bonds. The Morgan fingerprint density at radius 2 is 2.00 bits per heavy atom. The summed E-state index contributed by atoms with van der Waals surface area (Å²) < 4.78 is 5.03. The maximum absolute atomic E-state index is 11.0. The molecule has 1 aromatic carbocycles. The van der Waals surface area contributed by atoms with E-state index in [-0.39, 0.29) is 5.97 Å². The van der Waals surface area contributed by atoms with Gasteiger partial charge in [-0.3, -0.25) is 4.79 Å².